The summed E-state index contributed by atoms with van der Waals surface area (Å²) in [5, 5.41) is 20.4. The van der Waals surface area contributed by atoms with Crippen molar-refractivity contribution in [2.75, 3.05) is 26.2 Å². The third-order valence-corrected chi connectivity index (χ3v) is 6.96. The summed E-state index contributed by atoms with van der Waals surface area (Å²) >= 11 is 0. The van der Waals surface area contributed by atoms with E-state index in [1.54, 1.807) is 10.8 Å². The monoisotopic (exact) mass is 483 g/mol. The summed E-state index contributed by atoms with van der Waals surface area (Å²) in [6.45, 7) is 2.39. The molecule has 1 aromatic heterocycles. The van der Waals surface area contributed by atoms with Crippen LogP contribution in [0.2, 0.25) is 0 Å². The van der Waals surface area contributed by atoms with Gasteiger partial charge in [0.05, 0.1) is 6.04 Å². The first-order valence-corrected chi connectivity index (χ1v) is 12.1. The minimum Gasteiger partial charge on any atom is -0.480 e. The molecule has 1 atom stereocenters. The Morgan fingerprint density at radius 2 is 1.25 bits per heavy atom. The molecule has 0 radical (unpaired) electrons. The number of hydrogen-bond acceptors (Lipinski definition) is 4. The van der Waals surface area contributed by atoms with Crippen LogP contribution in [0.4, 0.5) is 0 Å². The molecule has 1 saturated heterocycles. The van der Waals surface area contributed by atoms with Crippen molar-refractivity contribution in [1.29, 1.82) is 0 Å². The normalized spacial score (nSPS) is 15.8. The third kappa shape index (κ3) is 4.76. The van der Waals surface area contributed by atoms with Gasteiger partial charge in [-0.2, -0.15) is 0 Å². The van der Waals surface area contributed by atoms with Crippen LogP contribution in [0.15, 0.2) is 91.1 Å². The van der Waals surface area contributed by atoms with E-state index in [-0.39, 0.29) is 12.6 Å². The van der Waals surface area contributed by atoms with Crippen molar-refractivity contribution in [2.45, 2.75) is 18.6 Å². The summed E-state index contributed by atoms with van der Waals surface area (Å²) in [6.07, 6.45) is 1.70. The smallest absolute Gasteiger partial charge is 0.325 e. The van der Waals surface area contributed by atoms with Crippen LogP contribution in [0, 0.1) is 0 Å². The van der Waals surface area contributed by atoms with Gasteiger partial charge < -0.3 is 14.8 Å². The van der Waals surface area contributed by atoms with Gasteiger partial charge in [-0.05, 0) is 17.2 Å². The van der Waals surface area contributed by atoms with E-state index in [4.69, 9.17) is 0 Å². The molecule has 1 fully saturated rings. The molecule has 7 nitrogen and oxygen atoms in total. The van der Waals surface area contributed by atoms with E-state index in [1.807, 2.05) is 41.3 Å². The average molecular weight is 484 g/mol. The van der Waals surface area contributed by atoms with E-state index in [9.17, 15) is 19.8 Å². The van der Waals surface area contributed by atoms with Gasteiger partial charge in [-0.15, -0.1) is 0 Å². The Hall–Kier alpha value is -3.94. The molecule has 184 valence electrons. The predicted molar refractivity (Wildman–Crippen MR) is 138 cm³/mol. The molecule has 36 heavy (non-hydrogen) atoms. The standard InChI is InChI=1S/C29H29N3O4/c33-26(34)20-32-19-24(23-13-7-8-14-25(23)32)28(29(35)36)31-17-15-30(16-18-31)27(21-9-3-1-4-10-21)22-11-5-2-6-12-22/h1-14,19,27-28H,15-18,20H2,(H,33,34)(H,35,36)/t28-/m0/s1. The van der Waals surface area contributed by atoms with E-state index in [0.29, 0.717) is 31.7 Å². The Kier molecular flexibility index (Phi) is 6.84. The average Bonchev–Trinajstić information content (AvgIpc) is 3.23. The third-order valence-electron chi connectivity index (χ3n) is 6.96. The molecule has 1 aliphatic rings. The lowest BCUT2D eigenvalue weighted by atomic mass is 9.96. The zero-order valence-corrected chi connectivity index (χ0v) is 19.9. The number of benzene rings is 3. The Labute approximate surface area is 209 Å². The number of piperazine rings is 1. The molecular weight excluding hydrogens is 454 g/mol. The number of carboxylic acids is 2. The molecule has 5 rings (SSSR count). The van der Waals surface area contributed by atoms with Gasteiger partial charge in [-0.25, -0.2) is 0 Å². The van der Waals surface area contributed by atoms with Gasteiger partial charge in [0.25, 0.3) is 0 Å². The Morgan fingerprint density at radius 3 is 1.81 bits per heavy atom. The number of para-hydroxylation sites is 1. The first-order valence-electron chi connectivity index (χ1n) is 12.1. The fourth-order valence-electron chi connectivity index (χ4n) is 5.39. The molecule has 0 bridgehead atoms. The summed E-state index contributed by atoms with van der Waals surface area (Å²) in [6, 6.07) is 27.4. The van der Waals surface area contributed by atoms with Crippen molar-refractivity contribution in [3.8, 4) is 0 Å². The molecule has 0 spiro atoms. The minimum atomic E-state index is -0.962. The van der Waals surface area contributed by atoms with Crippen molar-refractivity contribution < 1.29 is 19.8 Å². The van der Waals surface area contributed by atoms with Crippen molar-refractivity contribution in [3.63, 3.8) is 0 Å². The number of aliphatic carboxylic acids is 2. The number of aromatic nitrogens is 1. The first kappa shape index (κ1) is 23.8. The Morgan fingerprint density at radius 1 is 0.722 bits per heavy atom. The molecule has 0 aliphatic carbocycles. The predicted octanol–water partition coefficient (Wildman–Crippen LogP) is 4.26. The summed E-state index contributed by atoms with van der Waals surface area (Å²) < 4.78 is 1.63. The highest BCUT2D eigenvalue weighted by Gasteiger charge is 2.35. The lowest BCUT2D eigenvalue weighted by molar-refractivity contribution is -0.144. The first-order chi connectivity index (χ1) is 17.5. The van der Waals surface area contributed by atoms with Crippen LogP contribution >= 0.6 is 0 Å². The van der Waals surface area contributed by atoms with Gasteiger partial charge in [0, 0.05) is 48.8 Å². The second-order valence-electron chi connectivity index (χ2n) is 9.16. The molecular formula is C29H29N3O4. The maximum Gasteiger partial charge on any atom is 0.325 e. The summed E-state index contributed by atoms with van der Waals surface area (Å²) in [7, 11) is 0. The highest BCUT2D eigenvalue weighted by atomic mass is 16.4. The number of carbonyl (C=O) groups is 2. The fourth-order valence-corrected chi connectivity index (χ4v) is 5.39. The van der Waals surface area contributed by atoms with Crippen LogP contribution < -0.4 is 0 Å². The molecule has 0 unspecified atom stereocenters. The van der Waals surface area contributed by atoms with E-state index >= 15 is 0 Å². The van der Waals surface area contributed by atoms with E-state index in [2.05, 4.69) is 53.4 Å². The van der Waals surface area contributed by atoms with E-state index in [1.165, 1.54) is 11.1 Å². The van der Waals surface area contributed by atoms with Crippen LogP contribution in [0.3, 0.4) is 0 Å². The van der Waals surface area contributed by atoms with Crippen LogP contribution in [-0.2, 0) is 16.1 Å². The highest BCUT2D eigenvalue weighted by Crippen LogP contribution is 2.34. The molecule has 2 heterocycles. The largest absolute Gasteiger partial charge is 0.480 e. The van der Waals surface area contributed by atoms with Gasteiger partial charge in [0.1, 0.15) is 12.6 Å². The molecule has 4 aromatic rings. The maximum absolute atomic E-state index is 12.6. The number of carboxylic acid groups (broad SMARTS) is 2. The number of nitrogens with zero attached hydrogens (tertiary/aromatic N) is 3. The molecule has 2 N–H and O–H groups in total. The van der Waals surface area contributed by atoms with Crippen LogP contribution in [-0.4, -0.2) is 62.7 Å². The topological polar surface area (TPSA) is 86.0 Å². The van der Waals surface area contributed by atoms with Gasteiger partial charge in [-0.1, -0.05) is 78.9 Å². The van der Waals surface area contributed by atoms with Crippen molar-refractivity contribution in [3.05, 3.63) is 108 Å². The van der Waals surface area contributed by atoms with Crippen molar-refractivity contribution in [1.82, 2.24) is 14.4 Å². The molecule has 3 aromatic carbocycles. The highest BCUT2D eigenvalue weighted by molar-refractivity contribution is 5.90. The number of rotatable bonds is 8. The van der Waals surface area contributed by atoms with Crippen LogP contribution in [0.1, 0.15) is 28.8 Å². The van der Waals surface area contributed by atoms with Gasteiger partial charge in [0.2, 0.25) is 0 Å². The molecule has 0 saturated carbocycles. The maximum atomic E-state index is 12.6. The Bertz CT molecular complexity index is 1310. The quantitative estimate of drug-likeness (QED) is 0.390. The van der Waals surface area contributed by atoms with Gasteiger partial charge in [0.15, 0.2) is 0 Å². The SMILES string of the molecule is O=C(O)Cn1cc([C@@H](C(=O)O)N2CCN(C(c3ccccc3)c3ccccc3)CC2)c2ccccc21. The van der Waals surface area contributed by atoms with Crippen molar-refractivity contribution >= 4 is 22.8 Å². The lowest BCUT2D eigenvalue weighted by Gasteiger charge is -2.41. The van der Waals surface area contributed by atoms with E-state index in [0.717, 1.165) is 10.9 Å². The number of fused-ring (bicyclic) bond motifs is 1. The molecule has 1 aliphatic heterocycles. The summed E-state index contributed by atoms with van der Waals surface area (Å²) in [5.74, 6) is -1.89. The number of hydrogen-bond donors (Lipinski definition) is 2. The summed E-state index contributed by atoms with van der Waals surface area (Å²) in [5.41, 5.74) is 3.79. The summed E-state index contributed by atoms with van der Waals surface area (Å²) in [4.78, 5) is 28.4. The second-order valence-corrected chi connectivity index (χ2v) is 9.16. The fraction of sp³-hybridized carbons (Fsp3) is 0.241. The van der Waals surface area contributed by atoms with E-state index < -0.39 is 18.0 Å². The van der Waals surface area contributed by atoms with Crippen molar-refractivity contribution in [2.24, 2.45) is 0 Å². The van der Waals surface area contributed by atoms with Gasteiger partial charge >= 0.3 is 11.9 Å². The molecule has 7 heteroatoms. The Balaban J connectivity index is 1.42. The van der Waals surface area contributed by atoms with Gasteiger partial charge in [-0.3, -0.25) is 19.4 Å². The lowest BCUT2D eigenvalue weighted by Crippen LogP contribution is -2.50. The second kappa shape index (κ2) is 10.4. The zero-order valence-electron chi connectivity index (χ0n) is 19.9. The van der Waals surface area contributed by atoms with Crippen LogP contribution in [0.5, 0.6) is 0 Å². The molecule has 0 amide bonds. The van der Waals surface area contributed by atoms with Crippen LogP contribution in [0.25, 0.3) is 10.9 Å². The zero-order chi connectivity index (χ0) is 25.1. The minimum absolute atomic E-state index is 0.0929.